The maximum absolute atomic E-state index is 13.1. The fourth-order valence-corrected chi connectivity index (χ4v) is 2.39. The van der Waals surface area contributed by atoms with Crippen molar-refractivity contribution in [2.45, 2.75) is 6.42 Å². The largest absolute Gasteiger partial charge is 0.484 e. The Hall–Kier alpha value is -2.43. The molecule has 0 aromatic heterocycles. The number of hydrogen-bond donors (Lipinski definition) is 0. The zero-order valence-electron chi connectivity index (χ0n) is 11.2. The van der Waals surface area contributed by atoms with E-state index in [1.54, 1.807) is 4.90 Å². The highest BCUT2D eigenvalue weighted by atomic mass is 19.2. The van der Waals surface area contributed by atoms with E-state index in [0.29, 0.717) is 6.54 Å². The average molecular weight is 289 g/mol. The third-order valence-corrected chi connectivity index (χ3v) is 3.44. The number of rotatable bonds is 3. The van der Waals surface area contributed by atoms with Gasteiger partial charge in [0, 0.05) is 18.3 Å². The van der Waals surface area contributed by atoms with Gasteiger partial charge in [-0.3, -0.25) is 4.79 Å². The summed E-state index contributed by atoms with van der Waals surface area (Å²) >= 11 is 0. The lowest BCUT2D eigenvalue weighted by atomic mass is 10.2. The van der Waals surface area contributed by atoms with Crippen LogP contribution < -0.4 is 9.64 Å². The Morgan fingerprint density at radius 1 is 1.14 bits per heavy atom. The quantitative estimate of drug-likeness (QED) is 0.869. The van der Waals surface area contributed by atoms with Crippen molar-refractivity contribution >= 4 is 11.6 Å². The van der Waals surface area contributed by atoms with Crippen molar-refractivity contribution in [1.82, 2.24) is 0 Å². The second-order valence-electron chi connectivity index (χ2n) is 4.79. The molecule has 0 N–H and O–H groups in total. The Morgan fingerprint density at radius 3 is 2.76 bits per heavy atom. The third-order valence-electron chi connectivity index (χ3n) is 3.44. The first-order chi connectivity index (χ1) is 10.1. The van der Waals surface area contributed by atoms with Crippen LogP contribution in [0.2, 0.25) is 0 Å². The summed E-state index contributed by atoms with van der Waals surface area (Å²) < 4.78 is 31.1. The molecule has 0 atom stereocenters. The molecule has 108 valence electrons. The van der Waals surface area contributed by atoms with Gasteiger partial charge in [-0.2, -0.15) is 0 Å². The van der Waals surface area contributed by atoms with E-state index >= 15 is 0 Å². The lowest BCUT2D eigenvalue weighted by Gasteiger charge is -2.17. The molecule has 1 amide bonds. The molecule has 5 heteroatoms. The minimum atomic E-state index is -0.994. The lowest BCUT2D eigenvalue weighted by Crippen LogP contribution is -2.33. The van der Waals surface area contributed by atoms with Gasteiger partial charge in [0.25, 0.3) is 5.91 Å². The zero-order chi connectivity index (χ0) is 14.8. The number of hydrogen-bond acceptors (Lipinski definition) is 2. The minimum absolute atomic E-state index is 0.134. The molecule has 0 saturated carbocycles. The molecule has 0 radical (unpaired) electrons. The molecular formula is C16H13F2NO2. The van der Waals surface area contributed by atoms with E-state index in [1.807, 2.05) is 24.3 Å². The normalized spacial score (nSPS) is 13.1. The van der Waals surface area contributed by atoms with E-state index in [0.717, 1.165) is 29.8 Å². The maximum Gasteiger partial charge on any atom is 0.264 e. The van der Waals surface area contributed by atoms with Crippen molar-refractivity contribution < 1.29 is 18.3 Å². The lowest BCUT2D eigenvalue weighted by molar-refractivity contribution is -0.120. The second-order valence-corrected chi connectivity index (χ2v) is 4.79. The Morgan fingerprint density at radius 2 is 1.95 bits per heavy atom. The number of fused-ring (bicyclic) bond motifs is 1. The number of para-hydroxylation sites is 1. The van der Waals surface area contributed by atoms with E-state index in [9.17, 15) is 13.6 Å². The van der Waals surface area contributed by atoms with Gasteiger partial charge >= 0.3 is 0 Å². The molecule has 0 bridgehead atoms. The van der Waals surface area contributed by atoms with Crippen molar-refractivity contribution in [3.8, 4) is 5.75 Å². The summed E-state index contributed by atoms with van der Waals surface area (Å²) in [5.74, 6) is -2.01. The van der Waals surface area contributed by atoms with E-state index in [-0.39, 0.29) is 18.3 Å². The standard InChI is InChI=1S/C16H13F2NO2/c17-13-6-5-12(9-14(13)18)21-10-16(20)19-8-7-11-3-1-2-4-15(11)19/h1-6,9H,7-8,10H2. The van der Waals surface area contributed by atoms with Gasteiger partial charge in [0.15, 0.2) is 18.2 Å². The second kappa shape index (κ2) is 5.52. The van der Waals surface area contributed by atoms with Gasteiger partial charge < -0.3 is 9.64 Å². The molecule has 1 aliphatic rings. The number of benzene rings is 2. The summed E-state index contributed by atoms with van der Waals surface area (Å²) in [6.07, 6.45) is 0.813. The molecule has 21 heavy (non-hydrogen) atoms. The number of anilines is 1. The fourth-order valence-electron chi connectivity index (χ4n) is 2.39. The highest BCUT2D eigenvalue weighted by molar-refractivity contribution is 5.96. The van der Waals surface area contributed by atoms with Crippen molar-refractivity contribution in [3.05, 3.63) is 59.7 Å². The summed E-state index contributed by atoms with van der Waals surface area (Å²) in [5.41, 5.74) is 2.01. The third kappa shape index (κ3) is 2.72. The SMILES string of the molecule is O=C(COc1ccc(F)c(F)c1)N1CCc2ccccc21. The van der Waals surface area contributed by atoms with E-state index in [2.05, 4.69) is 0 Å². The monoisotopic (exact) mass is 289 g/mol. The van der Waals surface area contributed by atoms with E-state index in [4.69, 9.17) is 4.74 Å². The van der Waals surface area contributed by atoms with Gasteiger partial charge in [0.1, 0.15) is 5.75 Å². The number of carbonyl (C=O) groups is 1. The van der Waals surface area contributed by atoms with Crippen LogP contribution in [0.15, 0.2) is 42.5 Å². The topological polar surface area (TPSA) is 29.5 Å². The molecule has 0 fully saturated rings. The molecule has 0 saturated heterocycles. The van der Waals surface area contributed by atoms with Crippen LogP contribution in [0.25, 0.3) is 0 Å². The number of nitrogens with zero attached hydrogens (tertiary/aromatic N) is 1. The van der Waals surface area contributed by atoms with E-state index in [1.165, 1.54) is 6.07 Å². The number of amides is 1. The molecule has 2 aromatic rings. The van der Waals surface area contributed by atoms with Crippen molar-refractivity contribution in [1.29, 1.82) is 0 Å². The van der Waals surface area contributed by atoms with Gasteiger partial charge in [-0.05, 0) is 30.2 Å². The molecule has 3 nitrogen and oxygen atoms in total. The molecule has 3 rings (SSSR count). The first kappa shape index (κ1) is 13.5. The van der Waals surface area contributed by atoms with Crippen LogP contribution in [0.3, 0.4) is 0 Å². The molecule has 0 aliphatic carbocycles. The first-order valence-corrected chi connectivity index (χ1v) is 6.61. The van der Waals surface area contributed by atoms with Crippen LogP contribution in [0.4, 0.5) is 14.5 Å². The van der Waals surface area contributed by atoms with Crippen molar-refractivity contribution in [2.75, 3.05) is 18.1 Å². The Kier molecular flexibility index (Phi) is 3.56. The summed E-state index contributed by atoms with van der Waals surface area (Å²) in [7, 11) is 0. The molecule has 1 aliphatic heterocycles. The molecular weight excluding hydrogens is 276 g/mol. The van der Waals surface area contributed by atoms with Gasteiger partial charge in [-0.1, -0.05) is 18.2 Å². The smallest absolute Gasteiger partial charge is 0.264 e. The summed E-state index contributed by atoms with van der Waals surface area (Å²) in [5, 5.41) is 0. The van der Waals surface area contributed by atoms with Crippen LogP contribution in [-0.2, 0) is 11.2 Å². The van der Waals surface area contributed by atoms with Crippen molar-refractivity contribution in [3.63, 3.8) is 0 Å². The van der Waals surface area contributed by atoms with Crippen LogP contribution in [0.5, 0.6) is 5.75 Å². The fraction of sp³-hybridized carbons (Fsp3) is 0.188. The van der Waals surface area contributed by atoms with Gasteiger partial charge in [-0.25, -0.2) is 8.78 Å². The Bertz CT molecular complexity index is 688. The van der Waals surface area contributed by atoms with Gasteiger partial charge in [0.2, 0.25) is 0 Å². The highest BCUT2D eigenvalue weighted by Crippen LogP contribution is 2.27. The number of carbonyl (C=O) groups excluding carboxylic acids is 1. The molecule has 1 heterocycles. The number of ether oxygens (including phenoxy) is 1. The van der Waals surface area contributed by atoms with Crippen LogP contribution in [-0.4, -0.2) is 19.1 Å². The van der Waals surface area contributed by atoms with E-state index < -0.39 is 11.6 Å². The van der Waals surface area contributed by atoms with Gasteiger partial charge in [-0.15, -0.1) is 0 Å². The Labute approximate surface area is 120 Å². The Balaban J connectivity index is 1.66. The van der Waals surface area contributed by atoms with Gasteiger partial charge in [0.05, 0.1) is 0 Å². The molecule has 0 spiro atoms. The highest BCUT2D eigenvalue weighted by Gasteiger charge is 2.24. The predicted octanol–water partition coefficient (Wildman–Crippen LogP) is 2.93. The van der Waals surface area contributed by atoms with Crippen LogP contribution >= 0.6 is 0 Å². The van der Waals surface area contributed by atoms with Crippen LogP contribution in [0, 0.1) is 11.6 Å². The van der Waals surface area contributed by atoms with Crippen LogP contribution in [0.1, 0.15) is 5.56 Å². The summed E-state index contributed by atoms with van der Waals surface area (Å²) in [6.45, 7) is 0.402. The molecule has 0 unspecified atom stereocenters. The number of halogens is 2. The average Bonchev–Trinajstić information content (AvgIpc) is 2.92. The first-order valence-electron chi connectivity index (χ1n) is 6.61. The minimum Gasteiger partial charge on any atom is -0.484 e. The predicted molar refractivity (Wildman–Crippen MR) is 74.4 cm³/mol. The summed E-state index contributed by atoms with van der Waals surface area (Å²) in [4.78, 5) is 13.8. The molecule has 2 aromatic carbocycles. The summed E-state index contributed by atoms with van der Waals surface area (Å²) in [6, 6.07) is 10.9. The maximum atomic E-state index is 13.1. The van der Waals surface area contributed by atoms with Crippen molar-refractivity contribution in [2.24, 2.45) is 0 Å². The zero-order valence-corrected chi connectivity index (χ0v) is 11.2.